The van der Waals surface area contributed by atoms with E-state index in [1.54, 1.807) is 26.8 Å². The number of amides is 2. The average molecular weight is 328 g/mol. The molecule has 0 atom stereocenters. The van der Waals surface area contributed by atoms with Gasteiger partial charge in [0.15, 0.2) is 0 Å². The molecule has 22 heavy (non-hydrogen) atoms. The van der Waals surface area contributed by atoms with Crippen molar-refractivity contribution >= 4 is 29.4 Å². The van der Waals surface area contributed by atoms with E-state index < -0.39 is 17.5 Å². The lowest BCUT2D eigenvalue weighted by Gasteiger charge is -2.19. The van der Waals surface area contributed by atoms with Crippen LogP contribution in [-0.4, -0.2) is 35.7 Å². The summed E-state index contributed by atoms with van der Waals surface area (Å²) in [5.74, 6) is 0.197. The predicted molar refractivity (Wildman–Crippen MR) is 86.6 cm³/mol. The molecule has 0 saturated carbocycles. The van der Waals surface area contributed by atoms with Gasteiger partial charge >= 0.3 is 6.09 Å². The van der Waals surface area contributed by atoms with E-state index in [2.05, 4.69) is 10.6 Å². The maximum Gasteiger partial charge on any atom is 0.407 e. The number of anilines is 1. The summed E-state index contributed by atoms with van der Waals surface area (Å²) in [5, 5.41) is 5.21. The highest BCUT2D eigenvalue weighted by molar-refractivity contribution is 7.99. The molecule has 0 bridgehead atoms. The van der Waals surface area contributed by atoms with Crippen LogP contribution in [-0.2, 0) is 9.53 Å². The fourth-order valence-corrected chi connectivity index (χ4v) is 2.12. The normalized spacial score (nSPS) is 10.9. The number of halogens is 1. The lowest BCUT2D eigenvalue weighted by Crippen LogP contribution is -2.33. The van der Waals surface area contributed by atoms with Crippen LogP contribution in [0.15, 0.2) is 24.3 Å². The van der Waals surface area contributed by atoms with Crippen LogP contribution in [0.1, 0.15) is 20.8 Å². The van der Waals surface area contributed by atoms with Gasteiger partial charge in [0.05, 0.1) is 5.75 Å². The molecule has 0 saturated heterocycles. The maximum absolute atomic E-state index is 13.0. The predicted octanol–water partition coefficient (Wildman–Crippen LogP) is 3.02. The zero-order chi connectivity index (χ0) is 16.6. The van der Waals surface area contributed by atoms with Gasteiger partial charge in [-0.05, 0) is 39.0 Å². The first kappa shape index (κ1) is 18.3. The van der Waals surface area contributed by atoms with Crippen molar-refractivity contribution in [3.05, 3.63) is 30.1 Å². The quantitative estimate of drug-likeness (QED) is 0.788. The fourth-order valence-electron chi connectivity index (χ4n) is 1.47. The molecule has 0 aliphatic carbocycles. The average Bonchev–Trinajstić information content (AvgIpc) is 2.36. The SMILES string of the molecule is CC(C)(C)OC(=O)NCCSCC(=O)Nc1cccc(F)c1. The van der Waals surface area contributed by atoms with Crippen molar-refractivity contribution < 1.29 is 18.7 Å². The van der Waals surface area contributed by atoms with Crippen molar-refractivity contribution in [1.29, 1.82) is 0 Å². The summed E-state index contributed by atoms with van der Waals surface area (Å²) in [6.07, 6.45) is -0.475. The van der Waals surface area contributed by atoms with Gasteiger partial charge < -0.3 is 15.4 Å². The molecule has 5 nitrogen and oxygen atoms in total. The van der Waals surface area contributed by atoms with Crippen LogP contribution in [0, 0.1) is 5.82 Å². The molecule has 0 fully saturated rings. The summed E-state index contributed by atoms with van der Waals surface area (Å²) < 4.78 is 18.0. The zero-order valence-corrected chi connectivity index (χ0v) is 13.8. The van der Waals surface area contributed by atoms with E-state index in [9.17, 15) is 14.0 Å². The van der Waals surface area contributed by atoms with Crippen LogP contribution in [0.2, 0.25) is 0 Å². The minimum atomic E-state index is -0.526. The maximum atomic E-state index is 13.0. The van der Waals surface area contributed by atoms with Gasteiger partial charge in [-0.25, -0.2) is 9.18 Å². The summed E-state index contributed by atoms with van der Waals surface area (Å²) in [7, 11) is 0. The van der Waals surface area contributed by atoms with Crippen molar-refractivity contribution in [2.24, 2.45) is 0 Å². The molecule has 0 heterocycles. The summed E-state index contributed by atoms with van der Waals surface area (Å²) in [6, 6.07) is 5.72. The Balaban J connectivity index is 2.14. The highest BCUT2D eigenvalue weighted by atomic mass is 32.2. The zero-order valence-electron chi connectivity index (χ0n) is 12.9. The number of carbonyl (C=O) groups excluding carboxylic acids is 2. The fraction of sp³-hybridized carbons (Fsp3) is 0.467. The highest BCUT2D eigenvalue weighted by Crippen LogP contribution is 2.10. The number of benzene rings is 1. The van der Waals surface area contributed by atoms with Crippen LogP contribution in [0.3, 0.4) is 0 Å². The second-order valence-electron chi connectivity index (χ2n) is 5.54. The Hall–Kier alpha value is -1.76. The molecule has 1 aromatic carbocycles. The summed E-state index contributed by atoms with van der Waals surface area (Å²) >= 11 is 1.37. The molecule has 0 radical (unpaired) electrons. The molecule has 122 valence electrons. The molecular weight excluding hydrogens is 307 g/mol. The molecule has 0 aromatic heterocycles. The van der Waals surface area contributed by atoms with Gasteiger partial charge in [0, 0.05) is 18.0 Å². The molecule has 1 rings (SSSR count). The minimum absolute atomic E-state index is 0.215. The number of thioether (sulfide) groups is 1. The lowest BCUT2D eigenvalue weighted by molar-refractivity contribution is -0.113. The van der Waals surface area contributed by atoms with E-state index in [0.717, 1.165) is 0 Å². The third-order valence-corrected chi connectivity index (χ3v) is 3.22. The van der Waals surface area contributed by atoms with Gasteiger partial charge in [-0.3, -0.25) is 4.79 Å². The van der Waals surface area contributed by atoms with Crippen LogP contribution >= 0.6 is 11.8 Å². The number of hydrogen-bond donors (Lipinski definition) is 2. The Morgan fingerprint density at radius 3 is 2.68 bits per heavy atom. The molecule has 1 aromatic rings. The molecule has 0 unspecified atom stereocenters. The summed E-state index contributed by atoms with van der Waals surface area (Å²) in [6.45, 7) is 5.78. The molecule has 2 N–H and O–H groups in total. The van der Waals surface area contributed by atoms with Crippen LogP contribution < -0.4 is 10.6 Å². The van der Waals surface area contributed by atoms with Crippen molar-refractivity contribution in [3.8, 4) is 0 Å². The molecule has 7 heteroatoms. The second kappa shape index (κ2) is 8.63. The monoisotopic (exact) mass is 328 g/mol. The number of ether oxygens (including phenoxy) is 1. The minimum Gasteiger partial charge on any atom is -0.444 e. The van der Waals surface area contributed by atoms with Crippen molar-refractivity contribution in [1.82, 2.24) is 5.32 Å². The van der Waals surface area contributed by atoms with Gasteiger partial charge in [-0.2, -0.15) is 11.8 Å². The Morgan fingerprint density at radius 2 is 2.05 bits per heavy atom. The van der Waals surface area contributed by atoms with E-state index in [4.69, 9.17) is 4.74 Å². The summed E-state index contributed by atoms with van der Waals surface area (Å²) in [4.78, 5) is 23.0. The van der Waals surface area contributed by atoms with E-state index in [1.807, 2.05) is 0 Å². The molecule has 2 amide bonds. The van der Waals surface area contributed by atoms with E-state index in [0.29, 0.717) is 18.0 Å². The topological polar surface area (TPSA) is 67.4 Å². The Labute approximate surface area is 134 Å². The molecular formula is C15H21FN2O3S. The van der Waals surface area contributed by atoms with Crippen molar-refractivity contribution in [2.45, 2.75) is 26.4 Å². The van der Waals surface area contributed by atoms with Crippen LogP contribution in [0.4, 0.5) is 14.9 Å². The van der Waals surface area contributed by atoms with Crippen LogP contribution in [0.25, 0.3) is 0 Å². The van der Waals surface area contributed by atoms with E-state index in [1.165, 1.54) is 30.0 Å². The van der Waals surface area contributed by atoms with Gasteiger partial charge in [0.2, 0.25) is 5.91 Å². The molecule has 0 aliphatic rings. The number of hydrogen-bond acceptors (Lipinski definition) is 4. The van der Waals surface area contributed by atoms with E-state index in [-0.39, 0.29) is 11.7 Å². The Bertz CT molecular complexity index is 518. The lowest BCUT2D eigenvalue weighted by atomic mass is 10.2. The first-order chi connectivity index (χ1) is 10.3. The number of rotatable bonds is 6. The highest BCUT2D eigenvalue weighted by Gasteiger charge is 2.15. The third-order valence-electron chi connectivity index (χ3n) is 2.26. The largest absolute Gasteiger partial charge is 0.444 e. The molecule has 0 aliphatic heterocycles. The second-order valence-corrected chi connectivity index (χ2v) is 6.64. The summed E-state index contributed by atoms with van der Waals surface area (Å²) in [5.41, 5.74) is -0.0975. The number of alkyl carbamates (subject to hydrolysis) is 1. The van der Waals surface area contributed by atoms with E-state index >= 15 is 0 Å². The van der Waals surface area contributed by atoms with Crippen LogP contribution in [0.5, 0.6) is 0 Å². The number of carbonyl (C=O) groups is 2. The van der Waals surface area contributed by atoms with Crippen molar-refractivity contribution in [2.75, 3.05) is 23.4 Å². The Morgan fingerprint density at radius 1 is 1.32 bits per heavy atom. The smallest absolute Gasteiger partial charge is 0.407 e. The number of nitrogens with one attached hydrogen (secondary N) is 2. The molecule has 0 spiro atoms. The van der Waals surface area contributed by atoms with Gasteiger partial charge in [0.1, 0.15) is 11.4 Å². The Kier molecular flexibility index (Phi) is 7.17. The third kappa shape index (κ3) is 8.51. The standard InChI is InChI=1S/C15H21FN2O3S/c1-15(2,3)21-14(20)17-7-8-22-10-13(19)18-12-6-4-5-11(16)9-12/h4-6,9H,7-8,10H2,1-3H3,(H,17,20)(H,18,19). The first-order valence-corrected chi connectivity index (χ1v) is 8.02. The van der Waals surface area contributed by atoms with Crippen molar-refractivity contribution in [3.63, 3.8) is 0 Å². The first-order valence-electron chi connectivity index (χ1n) is 6.86. The van der Waals surface area contributed by atoms with Gasteiger partial charge in [0.25, 0.3) is 0 Å². The van der Waals surface area contributed by atoms with Gasteiger partial charge in [-0.1, -0.05) is 6.07 Å². The van der Waals surface area contributed by atoms with Gasteiger partial charge in [-0.15, -0.1) is 0 Å².